The molecule has 3 aromatic rings. The number of ketones is 1. The van der Waals surface area contributed by atoms with Crippen LogP contribution in [0, 0.1) is 0 Å². The number of rotatable bonds is 8. The van der Waals surface area contributed by atoms with Gasteiger partial charge in [-0.25, -0.2) is 0 Å². The molecule has 25 heavy (non-hydrogen) atoms. The van der Waals surface area contributed by atoms with E-state index < -0.39 is 0 Å². The molecule has 0 aliphatic heterocycles. The van der Waals surface area contributed by atoms with Gasteiger partial charge in [-0.3, -0.25) is 9.69 Å². The third-order valence-electron chi connectivity index (χ3n) is 4.21. The van der Waals surface area contributed by atoms with Crippen molar-refractivity contribution in [3.8, 4) is 5.75 Å². The number of hydrogen-bond donors (Lipinski definition) is 1. The van der Waals surface area contributed by atoms with Gasteiger partial charge >= 0.3 is 0 Å². The third-order valence-corrected chi connectivity index (χ3v) is 4.21. The van der Waals surface area contributed by atoms with Crippen LogP contribution in [0.3, 0.4) is 0 Å². The number of carbonyl (C=O) groups excluding carboxylic acids is 1. The minimum atomic E-state index is 0.104. The molecule has 4 nitrogen and oxygen atoms in total. The maximum atomic E-state index is 12.8. The summed E-state index contributed by atoms with van der Waals surface area (Å²) < 4.78 is 5.19. The summed E-state index contributed by atoms with van der Waals surface area (Å²) >= 11 is 0. The minimum Gasteiger partial charge on any atom is -0.497 e. The summed E-state index contributed by atoms with van der Waals surface area (Å²) in [6.07, 6.45) is 3.62. The van der Waals surface area contributed by atoms with Gasteiger partial charge in [-0.15, -0.1) is 6.58 Å². The Morgan fingerprint density at radius 3 is 2.68 bits per heavy atom. The lowest BCUT2D eigenvalue weighted by atomic mass is 10.1. The molecule has 0 unspecified atom stereocenters. The molecule has 0 saturated carbocycles. The summed E-state index contributed by atoms with van der Waals surface area (Å²) in [7, 11) is 1.65. The highest BCUT2D eigenvalue weighted by Crippen LogP contribution is 2.19. The predicted octanol–water partition coefficient (Wildman–Crippen LogP) is 4.05. The number of para-hydroxylation sites is 1. The van der Waals surface area contributed by atoms with Gasteiger partial charge in [0.15, 0.2) is 5.78 Å². The second-order valence-corrected chi connectivity index (χ2v) is 5.98. The zero-order valence-corrected chi connectivity index (χ0v) is 14.4. The van der Waals surface area contributed by atoms with Crippen LogP contribution in [-0.2, 0) is 6.54 Å². The highest BCUT2D eigenvalue weighted by atomic mass is 16.5. The molecule has 1 heterocycles. The van der Waals surface area contributed by atoms with E-state index >= 15 is 0 Å². The molecular formula is C21H22N2O2. The molecule has 2 aromatic carbocycles. The number of nitrogens with zero attached hydrogens (tertiary/aromatic N) is 1. The lowest BCUT2D eigenvalue weighted by molar-refractivity contribution is 0.0935. The monoisotopic (exact) mass is 334 g/mol. The fourth-order valence-electron chi connectivity index (χ4n) is 2.95. The van der Waals surface area contributed by atoms with E-state index in [-0.39, 0.29) is 5.78 Å². The van der Waals surface area contributed by atoms with Crippen molar-refractivity contribution in [2.75, 3.05) is 20.2 Å². The van der Waals surface area contributed by atoms with Gasteiger partial charge in [-0.2, -0.15) is 0 Å². The van der Waals surface area contributed by atoms with E-state index in [1.807, 2.05) is 54.6 Å². The molecule has 0 aliphatic rings. The van der Waals surface area contributed by atoms with Crippen LogP contribution in [0.15, 0.2) is 67.4 Å². The Balaban J connectivity index is 1.74. The van der Waals surface area contributed by atoms with E-state index in [0.29, 0.717) is 19.6 Å². The predicted molar refractivity (Wildman–Crippen MR) is 101 cm³/mol. The van der Waals surface area contributed by atoms with Gasteiger partial charge in [-0.1, -0.05) is 36.4 Å². The summed E-state index contributed by atoms with van der Waals surface area (Å²) in [5.41, 5.74) is 2.85. The van der Waals surface area contributed by atoms with Crippen LogP contribution >= 0.6 is 0 Å². The van der Waals surface area contributed by atoms with E-state index in [4.69, 9.17) is 4.74 Å². The topological polar surface area (TPSA) is 45.3 Å². The molecule has 0 saturated heterocycles. The Morgan fingerprint density at radius 1 is 1.20 bits per heavy atom. The molecule has 0 amide bonds. The molecule has 0 bridgehead atoms. The highest BCUT2D eigenvalue weighted by Gasteiger charge is 2.15. The van der Waals surface area contributed by atoms with E-state index in [1.165, 1.54) is 0 Å². The Morgan fingerprint density at radius 2 is 1.96 bits per heavy atom. The number of Topliss-reactive ketones (excluding diaryl/α,β-unsaturated/α-hetero) is 1. The highest BCUT2D eigenvalue weighted by molar-refractivity contribution is 6.08. The molecule has 1 aromatic heterocycles. The second kappa shape index (κ2) is 7.81. The third kappa shape index (κ3) is 3.98. The van der Waals surface area contributed by atoms with Crippen molar-refractivity contribution >= 4 is 16.7 Å². The number of fused-ring (bicyclic) bond motifs is 1. The summed E-state index contributed by atoms with van der Waals surface area (Å²) in [4.78, 5) is 18.0. The average molecular weight is 334 g/mol. The summed E-state index contributed by atoms with van der Waals surface area (Å²) in [6.45, 7) is 5.49. The van der Waals surface area contributed by atoms with Gasteiger partial charge in [-0.05, 0) is 23.8 Å². The van der Waals surface area contributed by atoms with Gasteiger partial charge in [0.1, 0.15) is 5.75 Å². The molecule has 128 valence electrons. The molecule has 0 aliphatic carbocycles. The summed E-state index contributed by atoms with van der Waals surface area (Å²) in [6, 6.07) is 15.8. The van der Waals surface area contributed by atoms with Crippen LogP contribution < -0.4 is 4.74 Å². The Labute approximate surface area is 147 Å². The van der Waals surface area contributed by atoms with Crippen LogP contribution in [0.1, 0.15) is 15.9 Å². The van der Waals surface area contributed by atoms with E-state index in [0.717, 1.165) is 27.8 Å². The van der Waals surface area contributed by atoms with Crippen LogP contribution in [0.4, 0.5) is 0 Å². The Kier molecular flexibility index (Phi) is 5.31. The van der Waals surface area contributed by atoms with E-state index in [1.54, 1.807) is 13.3 Å². The SMILES string of the molecule is C=CCN(CC(=O)c1c[nH]c2ccccc12)Cc1ccc(OC)cc1. The first-order chi connectivity index (χ1) is 12.2. The smallest absolute Gasteiger partial charge is 0.178 e. The minimum absolute atomic E-state index is 0.104. The Hall–Kier alpha value is -2.85. The van der Waals surface area contributed by atoms with Gasteiger partial charge in [0.25, 0.3) is 0 Å². The van der Waals surface area contributed by atoms with Crippen LogP contribution in [-0.4, -0.2) is 35.9 Å². The normalized spacial score (nSPS) is 11.0. The largest absolute Gasteiger partial charge is 0.497 e. The summed E-state index contributed by atoms with van der Waals surface area (Å²) in [5.74, 6) is 0.932. The first kappa shape index (κ1) is 17.0. The number of carbonyl (C=O) groups is 1. The fraction of sp³-hybridized carbons (Fsp3) is 0.190. The molecule has 0 atom stereocenters. The van der Waals surface area contributed by atoms with E-state index in [2.05, 4.69) is 16.5 Å². The fourth-order valence-corrected chi connectivity index (χ4v) is 2.95. The van der Waals surface area contributed by atoms with Crippen molar-refractivity contribution in [3.05, 3.63) is 78.5 Å². The van der Waals surface area contributed by atoms with Crippen LogP contribution in [0.5, 0.6) is 5.75 Å². The molecular weight excluding hydrogens is 312 g/mol. The molecule has 3 rings (SSSR count). The zero-order valence-electron chi connectivity index (χ0n) is 14.4. The van der Waals surface area contributed by atoms with Crippen molar-refractivity contribution in [3.63, 3.8) is 0 Å². The quantitative estimate of drug-likeness (QED) is 0.499. The number of nitrogens with one attached hydrogen (secondary N) is 1. The standard InChI is InChI=1S/C21H22N2O2/c1-3-12-23(14-16-8-10-17(25-2)11-9-16)15-21(24)19-13-22-20-7-5-4-6-18(19)20/h3-11,13,22H,1,12,14-15H2,2H3. The first-order valence-electron chi connectivity index (χ1n) is 8.26. The second-order valence-electron chi connectivity index (χ2n) is 5.98. The van der Waals surface area contributed by atoms with Crippen LogP contribution in [0.2, 0.25) is 0 Å². The Bertz CT molecular complexity index is 865. The van der Waals surface area contributed by atoms with Gasteiger partial charge in [0, 0.05) is 35.8 Å². The number of H-pyrrole nitrogens is 1. The van der Waals surface area contributed by atoms with Crippen molar-refractivity contribution < 1.29 is 9.53 Å². The van der Waals surface area contributed by atoms with Crippen molar-refractivity contribution in [1.29, 1.82) is 0 Å². The molecule has 4 heteroatoms. The van der Waals surface area contributed by atoms with Gasteiger partial charge in [0.2, 0.25) is 0 Å². The van der Waals surface area contributed by atoms with Crippen molar-refractivity contribution in [2.45, 2.75) is 6.54 Å². The van der Waals surface area contributed by atoms with Crippen molar-refractivity contribution in [2.24, 2.45) is 0 Å². The molecule has 0 spiro atoms. The number of methoxy groups -OCH3 is 1. The molecule has 0 fully saturated rings. The van der Waals surface area contributed by atoms with Crippen LogP contribution in [0.25, 0.3) is 10.9 Å². The summed E-state index contributed by atoms with van der Waals surface area (Å²) in [5, 5.41) is 0.968. The molecule has 1 N–H and O–H groups in total. The number of aromatic amines is 1. The van der Waals surface area contributed by atoms with Gasteiger partial charge in [0.05, 0.1) is 13.7 Å². The van der Waals surface area contributed by atoms with E-state index in [9.17, 15) is 4.79 Å². The maximum Gasteiger partial charge on any atom is 0.178 e. The lowest BCUT2D eigenvalue weighted by Crippen LogP contribution is -2.29. The maximum absolute atomic E-state index is 12.8. The zero-order chi connectivity index (χ0) is 17.6. The first-order valence-corrected chi connectivity index (χ1v) is 8.26. The molecule has 0 radical (unpaired) electrons. The van der Waals surface area contributed by atoms with Gasteiger partial charge < -0.3 is 9.72 Å². The number of aromatic nitrogens is 1. The van der Waals surface area contributed by atoms with Crippen molar-refractivity contribution in [1.82, 2.24) is 9.88 Å². The number of hydrogen-bond acceptors (Lipinski definition) is 3. The lowest BCUT2D eigenvalue weighted by Gasteiger charge is -2.20. The average Bonchev–Trinajstić information content (AvgIpc) is 3.07. The number of benzene rings is 2. The number of ether oxygens (including phenoxy) is 1.